The zero-order valence-corrected chi connectivity index (χ0v) is 11.7. The van der Waals surface area contributed by atoms with Crippen molar-refractivity contribution in [2.45, 2.75) is 64.8 Å². The van der Waals surface area contributed by atoms with Gasteiger partial charge in [0.25, 0.3) is 0 Å². The maximum absolute atomic E-state index is 5.59. The highest BCUT2D eigenvalue weighted by Crippen LogP contribution is 2.17. The van der Waals surface area contributed by atoms with Gasteiger partial charge in [0.2, 0.25) is 0 Å². The fourth-order valence-electron chi connectivity index (χ4n) is 2.03. The van der Waals surface area contributed by atoms with Crippen LogP contribution in [0.1, 0.15) is 69.3 Å². The number of nitrogens with two attached hydrogens (primary N) is 1. The third-order valence-electron chi connectivity index (χ3n) is 3.21. The standard InChI is InChI=1S/C14H26N4/c1-3-4-5-6-7-8-9-13(18-15)14-11-16-12(2)10-17-14/h10-11,13,18H,3-9,15H2,1-2H3. The minimum atomic E-state index is 0.129. The number of unbranched alkanes of at least 4 members (excludes halogenated alkanes) is 5. The van der Waals surface area contributed by atoms with Crippen LogP contribution in [-0.4, -0.2) is 9.97 Å². The first-order valence-corrected chi connectivity index (χ1v) is 7.02. The number of hydrazine groups is 1. The Morgan fingerprint density at radius 2 is 1.83 bits per heavy atom. The lowest BCUT2D eigenvalue weighted by Gasteiger charge is -2.14. The lowest BCUT2D eigenvalue weighted by atomic mass is 10.0. The lowest BCUT2D eigenvalue weighted by Crippen LogP contribution is -2.28. The largest absolute Gasteiger partial charge is 0.271 e. The molecule has 0 aliphatic heterocycles. The molecular weight excluding hydrogens is 224 g/mol. The number of aryl methyl sites for hydroxylation is 1. The highest BCUT2D eigenvalue weighted by atomic mass is 15.2. The molecule has 18 heavy (non-hydrogen) atoms. The number of nitrogens with zero attached hydrogens (tertiary/aromatic N) is 2. The van der Waals surface area contributed by atoms with Crippen molar-refractivity contribution < 1.29 is 0 Å². The van der Waals surface area contributed by atoms with Crippen LogP contribution in [0.15, 0.2) is 12.4 Å². The quantitative estimate of drug-likeness (QED) is 0.402. The normalized spacial score (nSPS) is 12.6. The van der Waals surface area contributed by atoms with Crippen LogP contribution in [0.5, 0.6) is 0 Å². The predicted octanol–water partition coefficient (Wildman–Crippen LogP) is 3.04. The minimum Gasteiger partial charge on any atom is -0.271 e. The number of rotatable bonds is 9. The Balaban J connectivity index is 2.27. The summed E-state index contributed by atoms with van der Waals surface area (Å²) in [6.45, 7) is 4.18. The Morgan fingerprint density at radius 1 is 1.11 bits per heavy atom. The molecule has 1 atom stereocenters. The summed E-state index contributed by atoms with van der Waals surface area (Å²) in [7, 11) is 0. The molecule has 4 nitrogen and oxygen atoms in total. The molecule has 1 unspecified atom stereocenters. The molecule has 1 aromatic heterocycles. The van der Waals surface area contributed by atoms with E-state index in [2.05, 4.69) is 22.3 Å². The van der Waals surface area contributed by atoms with Crippen molar-refractivity contribution in [2.24, 2.45) is 5.84 Å². The molecular formula is C14H26N4. The second kappa shape index (κ2) is 9.00. The SMILES string of the molecule is CCCCCCCCC(NN)c1cnc(C)cn1. The van der Waals surface area contributed by atoms with Gasteiger partial charge in [-0.3, -0.25) is 21.2 Å². The van der Waals surface area contributed by atoms with Crippen LogP contribution in [0, 0.1) is 6.92 Å². The molecule has 1 heterocycles. The van der Waals surface area contributed by atoms with Crippen molar-refractivity contribution in [1.29, 1.82) is 0 Å². The monoisotopic (exact) mass is 250 g/mol. The van der Waals surface area contributed by atoms with Crippen LogP contribution < -0.4 is 11.3 Å². The van der Waals surface area contributed by atoms with Gasteiger partial charge in [-0.05, 0) is 13.3 Å². The topological polar surface area (TPSA) is 63.8 Å². The van der Waals surface area contributed by atoms with E-state index in [1.165, 1.54) is 38.5 Å². The summed E-state index contributed by atoms with van der Waals surface area (Å²) in [5.41, 5.74) is 4.72. The smallest absolute Gasteiger partial charge is 0.0769 e. The third kappa shape index (κ3) is 5.56. The van der Waals surface area contributed by atoms with Gasteiger partial charge < -0.3 is 0 Å². The molecule has 1 rings (SSSR count). The van der Waals surface area contributed by atoms with E-state index >= 15 is 0 Å². The van der Waals surface area contributed by atoms with E-state index in [1.807, 2.05) is 13.1 Å². The van der Waals surface area contributed by atoms with Crippen LogP contribution in [0.2, 0.25) is 0 Å². The zero-order valence-electron chi connectivity index (χ0n) is 11.7. The molecule has 0 aliphatic carbocycles. The van der Waals surface area contributed by atoms with E-state index in [-0.39, 0.29) is 6.04 Å². The molecule has 0 amide bonds. The average Bonchev–Trinajstić information content (AvgIpc) is 2.39. The van der Waals surface area contributed by atoms with Crippen molar-refractivity contribution in [3.05, 3.63) is 23.8 Å². The second-order valence-corrected chi connectivity index (χ2v) is 4.86. The van der Waals surface area contributed by atoms with E-state index in [0.29, 0.717) is 0 Å². The molecule has 0 aromatic carbocycles. The van der Waals surface area contributed by atoms with Crippen LogP contribution in [0.3, 0.4) is 0 Å². The molecule has 4 heteroatoms. The van der Waals surface area contributed by atoms with Gasteiger partial charge in [0.15, 0.2) is 0 Å². The first kappa shape index (κ1) is 15.1. The number of nitrogens with one attached hydrogen (secondary N) is 1. The van der Waals surface area contributed by atoms with Gasteiger partial charge >= 0.3 is 0 Å². The van der Waals surface area contributed by atoms with Crippen molar-refractivity contribution in [3.63, 3.8) is 0 Å². The molecule has 0 saturated carbocycles. The Kier molecular flexibility index (Phi) is 7.53. The second-order valence-electron chi connectivity index (χ2n) is 4.86. The summed E-state index contributed by atoms with van der Waals surface area (Å²) in [5.74, 6) is 5.59. The van der Waals surface area contributed by atoms with Crippen LogP contribution in [0.4, 0.5) is 0 Å². The summed E-state index contributed by atoms with van der Waals surface area (Å²) < 4.78 is 0. The van der Waals surface area contributed by atoms with Gasteiger partial charge in [-0.2, -0.15) is 0 Å². The molecule has 0 aliphatic rings. The Hall–Kier alpha value is -1.00. The van der Waals surface area contributed by atoms with Crippen molar-refractivity contribution >= 4 is 0 Å². The van der Waals surface area contributed by atoms with Crippen molar-refractivity contribution in [2.75, 3.05) is 0 Å². The van der Waals surface area contributed by atoms with Gasteiger partial charge in [-0.15, -0.1) is 0 Å². The number of aromatic nitrogens is 2. The molecule has 0 bridgehead atoms. The van der Waals surface area contributed by atoms with Crippen molar-refractivity contribution in [1.82, 2.24) is 15.4 Å². The summed E-state index contributed by atoms with van der Waals surface area (Å²) in [4.78, 5) is 8.63. The van der Waals surface area contributed by atoms with Gasteiger partial charge in [-0.1, -0.05) is 45.4 Å². The maximum atomic E-state index is 5.59. The highest BCUT2D eigenvalue weighted by Gasteiger charge is 2.10. The maximum Gasteiger partial charge on any atom is 0.0769 e. The molecule has 0 fully saturated rings. The van der Waals surface area contributed by atoms with E-state index in [4.69, 9.17) is 5.84 Å². The molecule has 102 valence electrons. The first-order valence-electron chi connectivity index (χ1n) is 7.02. The minimum absolute atomic E-state index is 0.129. The third-order valence-corrected chi connectivity index (χ3v) is 3.21. The molecule has 0 spiro atoms. The number of hydrogen-bond donors (Lipinski definition) is 2. The van der Waals surface area contributed by atoms with Crippen LogP contribution >= 0.6 is 0 Å². The lowest BCUT2D eigenvalue weighted by molar-refractivity contribution is 0.467. The summed E-state index contributed by atoms with van der Waals surface area (Å²) in [5, 5.41) is 0. The van der Waals surface area contributed by atoms with Gasteiger partial charge in [0.05, 0.1) is 23.6 Å². The molecule has 0 radical (unpaired) electrons. The van der Waals surface area contributed by atoms with Gasteiger partial charge in [-0.25, -0.2) is 0 Å². The molecule has 0 saturated heterocycles. The zero-order chi connectivity index (χ0) is 13.2. The summed E-state index contributed by atoms with van der Waals surface area (Å²) in [6, 6.07) is 0.129. The molecule has 3 N–H and O–H groups in total. The van der Waals surface area contributed by atoms with Gasteiger partial charge in [0, 0.05) is 6.20 Å². The van der Waals surface area contributed by atoms with E-state index in [9.17, 15) is 0 Å². The summed E-state index contributed by atoms with van der Waals surface area (Å²) in [6.07, 6.45) is 12.4. The predicted molar refractivity (Wildman–Crippen MR) is 74.8 cm³/mol. The molecule has 1 aromatic rings. The van der Waals surface area contributed by atoms with Crippen LogP contribution in [0.25, 0.3) is 0 Å². The van der Waals surface area contributed by atoms with Gasteiger partial charge in [0.1, 0.15) is 0 Å². The van der Waals surface area contributed by atoms with E-state index in [1.54, 1.807) is 6.20 Å². The Bertz CT molecular complexity index is 310. The fraction of sp³-hybridized carbons (Fsp3) is 0.714. The summed E-state index contributed by atoms with van der Waals surface area (Å²) >= 11 is 0. The Morgan fingerprint density at radius 3 is 2.44 bits per heavy atom. The average molecular weight is 250 g/mol. The van der Waals surface area contributed by atoms with Crippen molar-refractivity contribution in [3.8, 4) is 0 Å². The first-order chi connectivity index (χ1) is 8.77. The fourth-order valence-corrected chi connectivity index (χ4v) is 2.03. The highest BCUT2D eigenvalue weighted by molar-refractivity contribution is 5.05. The Labute approximate surface area is 110 Å². The van der Waals surface area contributed by atoms with E-state index in [0.717, 1.165) is 17.8 Å². The number of hydrogen-bond acceptors (Lipinski definition) is 4. The van der Waals surface area contributed by atoms with E-state index < -0.39 is 0 Å². The van der Waals surface area contributed by atoms with Crippen LogP contribution in [-0.2, 0) is 0 Å².